The van der Waals surface area contributed by atoms with Gasteiger partial charge in [0.25, 0.3) is 10.0 Å². The molecule has 7 heteroatoms. The minimum Gasteiger partial charge on any atom is -0.463 e. The van der Waals surface area contributed by atoms with E-state index in [2.05, 4.69) is 20.7 Å². The topological polar surface area (TPSA) is 72.5 Å². The Morgan fingerprint density at radius 3 is 2.47 bits per heavy atom. The van der Waals surface area contributed by atoms with E-state index in [4.69, 9.17) is 4.74 Å². The summed E-state index contributed by atoms with van der Waals surface area (Å²) in [5.41, 5.74) is 0.196. The number of allylic oxidation sites excluding steroid dienone is 1. The second-order valence-electron chi connectivity index (χ2n) is 3.64. The van der Waals surface area contributed by atoms with Crippen molar-refractivity contribution in [2.75, 3.05) is 6.61 Å². The molecule has 0 bridgehead atoms. The summed E-state index contributed by atoms with van der Waals surface area (Å²) in [7, 11) is -3.68. The molecule has 0 aliphatic rings. The smallest absolute Gasteiger partial charge is 0.332 e. The fourth-order valence-electron chi connectivity index (χ4n) is 1.27. The van der Waals surface area contributed by atoms with Gasteiger partial charge in [-0.15, -0.1) is 0 Å². The number of sulfonamides is 1. The summed E-state index contributed by atoms with van der Waals surface area (Å²) in [5, 5.41) is 0. The van der Waals surface area contributed by atoms with Crippen LogP contribution in [0, 0.1) is 0 Å². The van der Waals surface area contributed by atoms with E-state index in [-0.39, 0.29) is 17.2 Å². The quantitative estimate of drug-likeness (QED) is 0.654. The van der Waals surface area contributed by atoms with Crippen LogP contribution in [0.25, 0.3) is 0 Å². The van der Waals surface area contributed by atoms with E-state index in [0.717, 1.165) is 10.5 Å². The van der Waals surface area contributed by atoms with Crippen molar-refractivity contribution in [3.05, 3.63) is 40.5 Å². The van der Waals surface area contributed by atoms with Gasteiger partial charge in [0.1, 0.15) is 0 Å². The molecule has 0 radical (unpaired) electrons. The summed E-state index contributed by atoms with van der Waals surface area (Å²) in [6.45, 7) is 3.39. The summed E-state index contributed by atoms with van der Waals surface area (Å²) >= 11 is 3.23. The largest absolute Gasteiger partial charge is 0.463 e. The predicted octanol–water partition coefficient (Wildman–Crippen LogP) is 2.19. The summed E-state index contributed by atoms with van der Waals surface area (Å²) < 4.78 is 31.7. The van der Waals surface area contributed by atoms with E-state index in [1.807, 2.05) is 0 Å². The van der Waals surface area contributed by atoms with E-state index in [1.165, 1.54) is 19.1 Å². The Bertz CT molecular complexity index is 578. The first-order valence-electron chi connectivity index (χ1n) is 5.48. The van der Waals surface area contributed by atoms with Gasteiger partial charge in [0.15, 0.2) is 0 Å². The lowest BCUT2D eigenvalue weighted by Crippen LogP contribution is -2.22. The normalized spacial score (nSPS) is 12.1. The summed E-state index contributed by atoms with van der Waals surface area (Å²) in [4.78, 5) is 11.3. The number of carbonyl (C=O) groups is 1. The summed E-state index contributed by atoms with van der Waals surface area (Å²) in [6.07, 6.45) is 1.10. The van der Waals surface area contributed by atoms with Crippen LogP contribution in [0.4, 0.5) is 0 Å². The van der Waals surface area contributed by atoms with Gasteiger partial charge >= 0.3 is 5.97 Å². The van der Waals surface area contributed by atoms with Gasteiger partial charge < -0.3 is 4.74 Å². The van der Waals surface area contributed by atoms with E-state index < -0.39 is 16.0 Å². The van der Waals surface area contributed by atoms with Crippen molar-refractivity contribution in [3.8, 4) is 0 Å². The molecule has 0 saturated heterocycles. The number of nitrogens with one attached hydrogen (secondary N) is 1. The molecule has 104 valence electrons. The molecule has 0 aromatic heterocycles. The molecule has 5 nitrogen and oxygen atoms in total. The third kappa shape index (κ3) is 5.04. The minimum absolute atomic E-state index is 0.118. The molecule has 0 saturated carbocycles. The zero-order valence-corrected chi connectivity index (χ0v) is 12.9. The highest BCUT2D eigenvalue weighted by Gasteiger charge is 2.14. The average molecular weight is 348 g/mol. The second-order valence-corrected chi connectivity index (χ2v) is 6.24. The highest BCUT2D eigenvalue weighted by Crippen LogP contribution is 2.15. The second kappa shape index (κ2) is 6.72. The number of benzene rings is 1. The Labute approximate surface area is 120 Å². The molecule has 1 N–H and O–H groups in total. The van der Waals surface area contributed by atoms with Crippen molar-refractivity contribution in [2.24, 2.45) is 0 Å². The van der Waals surface area contributed by atoms with Crippen LogP contribution in [0.3, 0.4) is 0 Å². The summed E-state index contributed by atoms with van der Waals surface area (Å²) in [6, 6.07) is 6.17. The van der Waals surface area contributed by atoms with Gasteiger partial charge in [-0.25, -0.2) is 13.2 Å². The lowest BCUT2D eigenvalue weighted by atomic mass is 10.4. The van der Waals surface area contributed by atoms with Crippen LogP contribution in [0.2, 0.25) is 0 Å². The van der Waals surface area contributed by atoms with Crippen LogP contribution < -0.4 is 4.72 Å². The number of rotatable bonds is 5. The average Bonchev–Trinajstić information content (AvgIpc) is 2.28. The lowest BCUT2D eigenvalue weighted by Gasteiger charge is -2.08. The molecule has 0 aliphatic heterocycles. The molecule has 0 fully saturated rings. The highest BCUT2D eigenvalue weighted by molar-refractivity contribution is 9.10. The van der Waals surface area contributed by atoms with E-state index in [9.17, 15) is 13.2 Å². The van der Waals surface area contributed by atoms with Gasteiger partial charge in [-0.05, 0) is 38.1 Å². The van der Waals surface area contributed by atoms with Crippen LogP contribution in [-0.2, 0) is 19.6 Å². The molecule has 0 heterocycles. The maximum Gasteiger partial charge on any atom is 0.332 e. The number of halogens is 1. The first-order chi connectivity index (χ1) is 8.85. The Kier molecular flexibility index (Phi) is 5.56. The van der Waals surface area contributed by atoms with Crippen LogP contribution in [0.1, 0.15) is 13.8 Å². The summed E-state index contributed by atoms with van der Waals surface area (Å²) in [5.74, 6) is -0.585. The maximum atomic E-state index is 12.0. The SMILES string of the molecule is CCOC(=O)/C=C(\C)NS(=O)(=O)c1ccc(Br)cc1. The molecule has 1 rings (SSSR count). The highest BCUT2D eigenvalue weighted by atomic mass is 79.9. The van der Waals surface area contributed by atoms with E-state index in [0.29, 0.717) is 0 Å². The number of ether oxygens (including phenoxy) is 1. The van der Waals surface area contributed by atoms with Crippen molar-refractivity contribution in [2.45, 2.75) is 18.7 Å². The Morgan fingerprint density at radius 2 is 1.95 bits per heavy atom. The van der Waals surface area contributed by atoms with Crippen molar-refractivity contribution in [1.29, 1.82) is 0 Å². The molecule has 0 spiro atoms. The molecule has 19 heavy (non-hydrogen) atoms. The zero-order chi connectivity index (χ0) is 14.5. The van der Waals surface area contributed by atoms with E-state index in [1.54, 1.807) is 19.1 Å². The molecular weight excluding hydrogens is 334 g/mol. The van der Waals surface area contributed by atoms with Crippen LogP contribution in [0.5, 0.6) is 0 Å². The van der Waals surface area contributed by atoms with Gasteiger partial charge in [-0.2, -0.15) is 0 Å². The van der Waals surface area contributed by atoms with Crippen LogP contribution >= 0.6 is 15.9 Å². The van der Waals surface area contributed by atoms with Gasteiger partial charge in [-0.1, -0.05) is 15.9 Å². The first kappa shape index (κ1) is 15.7. The third-order valence-electron chi connectivity index (χ3n) is 2.04. The van der Waals surface area contributed by atoms with Gasteiger partial charge in [-0.3, -0.25) is 4.72 Å². The van der Waals surface area contributed by atoms with E-state index >= 15 is 0 Å². The lowest BCUT2D eigenvalue weighted by molar-refractivity contribution is -0.137. The number of hydrogen-bond acceptors (Lipinski definition) is 4. The molecule has 1 aromatic carbocycles. The molecular formula is C12H14BrNO4S. The zero-order valence-electron chi connectivity index (χ0n) is 10.5. The molecule has 0 unspecified atom stereocenters. The monoisotopic (exact) mass is 347 g/mol. The van der Waals surface area contributed by atoms with Gasteiger partial charge in [0, 0.05) is 16.2 Å². The van der Waals surface area contributed by atoms with Crippen LogP contribution in [-0.4, -0.2) is 21.0 Å². The Balaban J connectivity index is 2.85. The predicted molar refractivity (Wildman–Crippen MR) is 74.9 cm³/mol. The number of esters is 1. The number of hydrogen-bond donors (Lipinski definition) is 1. The Hall–Kier alpha value is -1.34. The first-order valence-corrected chi connectivity index (χ1v) is 7.76. The molecule has 0 aliphatic carbocycles. The van der Waals surface area contributed by atoms with Crippen LogP contribution in [0.15, 0.2) is 45.4 Å². The molecule has 0 atom stereocenters. The van der Waals surface area contributed by atoms with Crippen molar-refractivity contribution >= 4 is 31.9 Å². The van der Waals surface area contributed by atoms with Crippen molar-refractivity contribution in [3.63, 3.8) is 0 Å². The Morgan fingerprint density at radius 1 is 1.37 bits per heavy atom. The molecule has 0 amide bonds. The van der Waals surface area contributed by atoms with Gasteiger partial charge in [0.05, 0.1) is 11.5 Å². The van der Waals surface area contributed by atoms with Crippen molar-refractivity contribution < 1.29 is 17.9 Å². The van der Waals surface area contributed by atoms with Crippen molar-refractivity contribution in [1.82, 2.24) is 4.72 Å². The third-order valence-corrected chi connectivity index (χ3v) is 4.05. The minimum atomic E-state index is -3.68. The maximum absolute atomic E-state index is 12.0. The van der Waals surface area contributed by atoms with Gasteiger partial charge in [0.2, 0.25) is 0 Å². The standard InChI is InChI=1S/C12H14BrNO4S/c1-3-18-12(15)8-9(2)14-19(16,17)11-6-4-10(13)5-7-11/h4-8,14H,3H2,1-2H3/b9-8+. The fourth-order valence-corrected chi connectivity index (χ4v) is 2.63. The fraction of sp³-hybridized carbons (Fsp3) is 0.250. The molecule has 1 aromatic rings. The number of carbonyl (C=O) groups excluding carboxylic acids is 1.